The van der Waals surface area contributed by atoms with Crippen molar-refractivity contribution in [2.24, 2.45) is 5.73 Å². The number of nitrogens with two attached hydrogens (primary N) is 1. The van der Waals surface area contributed by atoms with Crippen LogP contribution in [-0.2, 0) is 9.59 Å². The molecule has 0 aliphatic heterocycles. The summed E-state index contributed by atoms with van der Waals surface area (Å²) in [5.41, 5.74) is 5.81. The highest BCUT2D eigenvalue weighted by Crippen LogP contribution is 2.13. The maximum absolute atomic E-state index is 11.9. The third-order valence-corrected chi connectivity index (χ3v) is 2.82. The Bertz CT molecular complexity index is 446. The van der Waals surface area contributed by atoms with Gasteiger partial charge in [-0.1, -0.05) is 11.6 Å². The summed E-state index contributed by atoms with van der Waals surface area (Å²) < 4.78 is 0. The van der Waals surface area contributed by atoms with Crippen molar-refractivity contribution in [3.8, 4) is 0 Å². The largest absolute Gasteiger partial charge is 0.369 e. The molecule has 5 nitrogen and oxygen atoms in total. The van der Waals surface area contributed by atoms with Gasteiger partial charge in [0, 0.05) is 16.8 Å². The van der Waals surface area contributed by atoms with Gasteiger partial charge < -0.3 is 11.1 Å². The van der Waals surface area contributed by atoms with Gasteiger partial charge in [0.1, 0.15) is 0 Å². The average molecular weight is 284 g/mol. The van der Waals surface area contributed by atoms with Gasteiger partial charge in [-0.05, 0) is 38.1 Å². The fourth-order valence-corrected chi connectivity index (χ4v) is 1.67. The number of anilines is 1. The van der Waals surface area contributed by atoms with Crippen molar-refractivity contribution in [3.63, 3.8) is 0 Å². The quantitative estimate of drug-likeness (QED) is 0.830. The topological polar surface area (TPSA) is 75.4 Å². The molecule has 0 heterocycles. The summed E-state index contributed by atoms with van der Waals surface area (Å²) in [6.07, 6.45) is 0. The van der Waals surface area contributed by atoms with Crippen LogP contribution in [0, 0.1) is 0 Å². The van der Waals surface area contributed by atoms with Gasteiger partial charge in [-0.2, -0.15) is 0 Å². The fraction of sp³-hybridized carbons (Fsp3) is 0.385. The molecule has 104 valence electrons. The molecule has 0 bridgehead atoms. The predicted octanol–water partition coefficient (Wildman–Crippen LogP) is 1.47. The highest BCUT2D eigenvalue weighted by atomic mass is 35.5. The summed E-state index contributed by atoms with van der Waals surface area (Å²) in [5.74, 6) is -0.648. The number of carbonyl (C=O) groups is 2. The maximum Gasteiger partial charge on any atom is 0.238 e. The number of rotatable bonds is 6. The highest BCUT2D eigenvalue weighted by Gasteiger charge is 2.16. The van der Waals surface area contributed by atoms with Crippen LogP contribution in [0.2, 0.25) is 5.02 Å². The lowest BCUT2D eigenvalue weighted by atomic mass is 10.3. The number of hydrogen-bond acceptors (Lipinski definition) is 3. The summed E-state index contributed by atoms with van der Waals surface area (Å²) in [6, 6.07) is 6.88. The molecule has 6 heteroatoms. The van der Waals surface area contributed by atoms with Gasteiger partial charge in [-0.3, -0.25) is 14.5 Å². The van der Waals surface area contributed by atoms with E-state index in [0.29, 0.717) is 10.7 Å². The first kappa shape index (κ1) is 15.5. The second kappa shape index (κ2) is 7.11. The van der Waals surface area contributed by atoms with Crippen LogP contribution >= 0.6 is 11.6 Å². The Kier molecular flexibility index (Phi) is 5.79. The lowest BCUT2D eigenvalue weighted by Gasteiger charge is -2.24. The van der Waals surface area contributed by atoms with Gasteiger partial charge in [0.15, 0.2) is 0 Å². The summed E-state index contributed by atoms with van der Waals surface area (Å²) in [7, 11) is 0. The highest BCUT2D eigenvalue weighted by molar-refractivity contribution is 6.30. The molecule has 1 aromatic carbocycles. The maximum atomic E-state index is 11.9. The van der Waals surface area contributed by atoms with E-state index < -0.39 is 5.91 Å². The van der Waals surface area contributed by atoms with Crippen LogP contribution in [0.15, 0.2) is 24.3 Å². The molecule has 0 aliphatic rings. The lowest BCUT2D eigenvalue weighted by molar-refractivity contribution is -0.121. The molecule has 0 fully saturated rings. The lowest BCUT2D eigenvalue weighted by Crippen LogP contribution is -2.43. The van der Waals surface area contributed by atoms with E-state index in [1.807, 2.05) is 13.8 Å². The number of benzene rings is 1. The molecule has 0 unspecified atom stereocenters. The van der Waals surface area contributed by atoms with E-state index in [1.54, 1.807) is 29.2 Å². The third-order valence-electron chi connectivity index (χ3n) is 2.56. The van der Waals surface area contributed by atoms with Crippen molar-refractivity contribution in [2.45, 2.75) is 19.9 Å². The second-order valence-corrected chi connectivity index (χ2v) is 4.96. The van der Waals surface area contributed by atoms with E-state index in [0.717, 1.165) is 0 Å². The van der Waals surface area contributed by atoms with Crippen molar-refractivity contribution in [2.75, 3.05) is 18.4 Å². The van der Waals surface area contributed by atoms with Gasteiger partial charge in [-0.25, -0.2) is 0 Å². The van der Waals surface area contributed by atoms with Gasteiger partial charge in [0.05, 0.1) is 13.1 Å². The van der Waals surface area contributed by atoms with Crippen LogP contribution in [0.4, 0.5) is 5.69 Å². The van der Waals surface area contributed by atoms with E-state index >= 15 is 0 Å². The first-order valence-corrected chi connectivity index (χ1v) is 6.34. The SMILES string of the molecule is CC(C)N(CC(N)=O)CC(=O)Nc1ccc(Cl)cc1. The van der Waals surface area contributed by atoms with Crippen molar-refractivity contribution in [1.29, 1.82) is 0 Å². The van der Waals surface area contributed by atoms with E-state index in [2.05, 4.69) is 5.32 Å². The summed E-state index contributed by atoms with van der Waals surface area (Å²) >= 11 is 5.76. The number of nitrogens with zero attached hydrogens (tertiary/aromatic N) is 1. The molecule has 0 saturated heterocycles. The van der Waals surface area contributed by atoms with Crippen LogP contribution < -0.4 is 11.1 Å². The first-order valence-electron chi connectivity index (χ1n) is 5.96. The number of primary amides is 1. The molecular weight excluding hydrogens is 266 g/mol. The minimum Gasteiger partial charge on any atom is -0.369 e. The Hall–Kier alpha value is -1.59. The number of nitrogens with one attached hydrogen (secondary N) is 1. The van der Waals surface area contributed by atoms with Crippen molar-refractivity contribution >= 4 is 29.1 Å². The average Bonchev–Trinajstić information content (AvgIpc) is 2.30. The van der Waals surface area contributed by atoms with Crippen molar-refractivity contribution < 1.29 is 9.59 Å². The zero-order valence-corrected chi connectivity index (χ0v) is 11.8. The van der Waals surface area contributed by atoms with Gasteiger partial charge in [0.25, 0.3) is 0 Å². The molecule has 3 N–H and O–H groups in total. The van der Waals surface area contributed by atoms with Gasteiger partial charge in [-0.15, -0.1) is 0 Å². The van der Waals surface area contributed by atoms with Crippen molar-refractivity contribution in [3.05, 3.63) is 29.3 Å². The van der Waals surface area contributed by atoms with Crippen LogP contribution in [0.5, 0.6) is 0 Å². The molecule has 0 spiro atoms. The normalized spacial score (nSPS) is 10.8. The summed E-state index contributed by atoms with van der Waals surface area (Å²) in [6.45, 7) is 3.98. The molecule has 0 radical (unpaired) electrons. The molecule has 0 aromatic heterocycles. The molecule has 0 saturated carbocycles. The number of halogens is 1. The Balaban J connectivity index is 2.57. The smallest absolute Gasteiger partial charge is 0.238 e. The van der Waals surface area contributed by atoms with E-state index in [4.69, 9.17) is 17.3 Å². The molecule has 2 amide bonds. The van der Waals surface area contributed by atoms with Gasteiger partial charge >= 0.3 is 0 Å². The Morgan fingerprint density at radius 2 is 1.84 bits per heavy atom. The molecule has 1 rings (SSSR count). The second-order valence-electron chi connectivity index (χ2n) is 4.52. The zero-order chi connectivity index (χ0) is 14.4. The van der Waals surface area contributed by atoms with Crippen molar-refractivity contribution in [1.82, 2.24) is 4.90 Å². The molecule has 0 atom stereocenters. The number of hydrogen-bond donors (Lipinski definition) is 2. The Labute approximate surface area is 117 Å². The first-order chi connectivity index (χ1) is 8.88. The summed E-state index contributed by atoms with van der Waals surface area (Å²) in [4.78, 5) is 24.5. The zero-order valence-electron chi connectivity index (χ0n) is 11.0. The standard InChI is InChI=1S/C13H18ClN3O2/c1-9(2)17(7-12(15)18)8-13(19)16-11-5-3-10(14)4-6-11/h3-6,9H,7-8H2,1-2H3,(H2,15,18)(H,16,19). The van der Waals surface area contributed by atoms with E-state index in [1.165, 1.54) is 0 Å². The predicted molar refractivity (Wildman–Crippen MR) is 76.0 cm³/mol. The minimum atomic E-state index is -0.451. The van der Waals surface area contributed by atoms with E-state index in [9.17, 15) is 9.59 Å². The third kappa shape index (κ3) is 5.72. The fourth-order valence-electron chi connectivity index (χ4n) is 1.54. The molecule has 1 aromatic rings. The molecular formula is C13H18ClN3O2. The van der Waals surface area contributed by atoms with Crippen LogP contribution in [0.3, 0.4) is 0 Å². The number of carbonyl (C=O) groups excluding carboxylic acids is 2. The molecule has 0 aliphatic carbocycles. The monoisotopic (exact) mass is 283 g/mol. The Morgan fingerprint density at radius 3 is 2.32 bits per heavy atom. The number of amides is 2. The summed E-state index contributed by atoms with van der Waals surface area (Å²) in [5, 5.41) is 3.34. The van der Waals surface area contributed by atoms with Crippen LogP contribution in [0.1, 0.15) is 13.8 Å². The van der Waals surface area contributed by atoms with E-state index in [-0.39, 0.29) is 25.0 Å². The van der Waals surface area contributed by atoms with Gasteiger partial charge in [0.2, 0.25) is 11.8 Å². The minimum absolute atomic E-state index is 0.0588. The molecule has 19 heavy (non-hydrogen) atoms. The van der Waals surface area contributed by atoms with Crippen LogP contribution in [0.25, 0.3) is 0 Å². The Morgan fingerprint density at radius 1 is 1.26 bits per heavy atom. The van der Waals surface area contributed by atoms with Crippen LogP contribution in [-0.4, -0.2) is 35.8 Å².